The molecule has 0 aromatic heterocycles. The number of nitrogens with one attached hydrogen (secondary N) is 2. The molecular weight excluding hydrogens is 502 g/mol. The Morgan fingerprint density at radius 2 is 1.89 bits per heavy atom. The highest BCUT2D eigenvalue weighted by Gasteiger charge is 2.10. The minimum atomic E-state index is -0.243. The zero-order valence-electron chi connectivity index (χ0n) is 14.6. The van der Waals surface area contributed by atoms with E-state index in [9.17, 15) is 9.90 Å². The van der Waals surface area contributed by atoms with Crippen LogP contribution in [0.1, 0.15) is 28.9 Å². The molecule has 9 heteroatoms. The highest BCUT2D eigenvalue weighted by Crippen LogP contribution is 2.25. The molecule has 0 aliphatic carbocycles. The monoisotopic (exact) mass is 522 g/mol. The van der Waals surface area contributed by atoms with E-state index in [0.29, 0.717) is 28.7 Å². The number of carbonyl (C=O) groups excluding carboxylic acids is 1. The van der Waals surface area contributed by atoms with Crippen LogP contribution < -0.4 is 16.4 Å². The van der Waals surface area contributed by atoms with Gasteiger partial charge in [0.05, 0.1) is 12.6 Å². The summed E-state index contributed by atoms with van der Waals surface area (Å²) in [6.45, 7) is 2.56. The van der Waals surface area contributed by atoms with Gasteiger partial charge < -0.3 is 21.5 Å². The predicted octanol–water partition coefficient (Wildman–Crippen LogP) is 3.71. The van der Waals surface area contributed by atoms with Crippen LogP contribution in [0, 0.1) is 0 Å². The summed E-state index contributed by atoms with van der Waals surface area (Å²) in [7, 11) is 0. The Labute approximate surface area is 185 Å². The number of nitrogens with zero attached hydrogens (tertiary/aromatic N) is 1. The van der Waals surface area contributed by atoms with Crippen LogP contribution in [0.5, 0.6) is 5.75 Å². The lowest BCUT2D eigenvalue weighted by Gasteiger charge is -2.16. The van der Waals surface area contributed by atoms with E-state index in [1.54, 1.807) is 24.3 Å². The number of aliphatic imine (C=N–C) groups is 1. The fraction of sp³-hybridized carbons (Fsp3) is 0.222. The van der Waals surface area contributed by atoms with Crippen LogP contribution in [0.2, 0.25) is 10.0 Å². The smallest absolute Gasteiger partial charge is 0.251 e. The molecule has 1 atom stereocenters. The third-order valence-corrected chi connectivity index (χ3v) is 4.16. The maximum absolute atomic E-state index is 11.9. The van der Waals surface area contributed by atoms with Crippen molar-refractivity contribution >= 4 is 59.0 Å². The molecule has 0 spiro atoms. The van der Waals surface area contributed by atoms with Gasteiger partial charge in [0.15, 0.2) is 5.96 Å². The second kappa shape index (κ2) is 11.2. The number of amides is 1. The number of benzene rings is 2. The van der Waals surface area contributed by atoms with Crippen molar-refractivity contribution in [3.63, 3.8) is 0 Å². The van der Waals surface area contributed by atoms with E-state index in [0.717, 1.165) is 5.56 Å². The molecule has 1 amide bonds. The number of aromatic hydroxyl groups is 1. The van der Waals surface area contributed by atoms with E-state index in [2.05, 4.69) is 15.6 Å². The number of nitrogens with two attached hydrogens (primary N) is 1. The number of carbonyl (C=O) groups is 1. The third kappa shape index (κ3) is 7.43. The number of hydrogen-bond acceptors (Lipinski definition) is 3. The van der Waals surface area contributed by atoms with Crippen LogP contribution in [-0.4, -0.2) is 30.1 Å². The summed E-state index contributed by atoms with van der Waals surface area (Å²) in [5, 5.41) is 16.1. The van der Waals surface area contributed by atoms with Gasteiger partial charge in [0.2, 0.25) is 0 Å². The highest BCUT2D eigenvalue weighted by atomic mass is 127. The van der Waals surface area contributed by atoms with Crippen molar-refractivity contribution in [1.82, 2.24) is 10.6 Å². The molecule has 0 radical (unpaired) electrons. The molecule has 0 heterocycles. The third-order valence-electron chi connectivity index (χ3n) is 3.60. The van der Waals surface area contributed by atoms with Crippen LogP contribution in [0.15, 0.2) is 47.5 Å². The van der Waals surface area contributed by atoms with Gasteiger partial charge in [-0.2, -0.15) is 0 Å². The minimum Gasteiger partial charge on any atom is -0.508 e. The van der Waals surface area contributed by atoms with E-state index in [1.807, 2.05) is 13.0 Å². The predicted molar refractivity (Wildman–Crippen MR) is 120 cm³/mol. The van der Waals surface area contributed by atoms with Crippen molar-refractivity contribution in [3.8, 4) is 5.75 Å². The maximum Gasteiger partial charge on any atom is 0.251 e. The standard InChI is InChI=1S/C18H20Cl2N4O2.HI/c1-11(15-7-4-13(19)10-16(15)20)24-18(21)23-9-8-22-17(26)12-2-5-14(25)6-3-12;/h2-7,10-11,25H,8-9H2,1H3,(H,22,26)(H3,21,23,24);1H. The SMILES string of the molecule is CC(NC(N)=NCCNC(=O)c1ccc(O)cc1)c1ccc(Cl)cc1Cl.I. The Morgan fingerprint density at radius 3 is 2.52 bits per heavy atom. The minimum absolute atomic E-state index is 0. The van der Waals surface area contributed by atoms with Gasteiger partial charge in [-0.1, -0.05) is 29.3 Å². The topological polar surface area (TPSA) is 99.7 Å². The first-order valence-electron chi connectivity index (χ1n) is 7.95. The Morgan fingerprint density at radius 1 is 1.22 bits per heavy atom. The highest BCUT2D eigenvalue weighted by molar-refractivity contribution is 14.0. The molecule has 0 aliphatic heterocycles. The number of phenolic OH excluding ortho intramolecular Hbond substituents is 1. The van der Waals surface area contributed by atoms with Gasteiger partial charge in [0.1, 0.15) is 5.75 Å². The van der Waals surface area contributed by atoms with Crippen molar-refractivity contribution in [1.29, 1.82) is 0 Å². The van der Waals surface area contributed by atoms with Gasteiger partial charge in [0, 0.05) is 22.2 Å². The van der Waals surface area contributed by atoms with Crippen molar-refractivity contribution in [3.05, 3.63) is 63.6 Å². The van der Waals surface area contributed by atoms with Crippen molar-refractivity contribution < 1.29 is 9.90 Å². The van der Waals surface area contributed by atoms with E-state index in [4.69, 9.17) is 28.9 Å². The summed E-state index contributed by atoms with van der Waals surface area (Å²) in [4.78, 5) is 16.1. The first-order valence-corrected chi connectivity index (χ1v) is 8.71. The van der Waals surface area contributed by atoms with Gasteiger partial charge in [-0.3, -0.25) is 9.79 Å². The quantitative estimate of drug-likeness (QED) is 0.201. The second-order valence-corrected chi connectivity index (χ2v) is 6.45. The molecule has 146 valence electrons. The van der Waals surface area contributed by atoms with Gasteiger partial charge in [-0.05, 0) is 48.9 Å². The fourth-order valence-corrected chi connectivity index (χ4v) is 2.83. The van der Waals surface area contributed by atoms with Gasteiger partial charge in [-0.25, -0.2) is 0 Å². The van der Waals surface area contributed by atoms with E-state index < -0.39 is 0 Å². The molecule has 2 rings (SSSR count). The van der Waals surface area contributed by atoms with Crippen LogP contribution in [0.25, 0.3) is 0 Å². The van der Waals surface area contributed by atoms with E-state index in [-0.39, 0.29) is 47.6 Å². The van der Waals surface area contributed by atoms with Gasteiger partial charge >= 0.3 is 0 Å². The molecular formula is C18H21Cl2IN4O2. The summed E-state index contributed by atoms with van der Waals surface area (Å²) >= 11 is 12.1. The summed E-state index contributed by atoms with van der Waals surface area (Å²) < 4.78 is 0. The summed E-state index contributed by atoms with van der Waals surface area (Å²) in [5.41, 5.74) is 7.18. The van der Waals surface area contributed by atoms with Crippen LogP contribution in [0.4, 0.5) is 0 Å². The Hall–Kier alpha value is -1.71. The zero-order valence-corrected chi connectivity index (χ0v) is 18.4. The average Bonchev–Trinajstić information content (AvgIpc) is 2.59. The zero-order chi connectivity index (χ0) is 19.1. The molecule has 2 aromatic carbocycles. The first-order chi connectivity index (χ1) is 12.4. The summed E-state index contributed by atoms with van der Waals surface area (Å²) in [5.74, 6) is 0.121. The number of phenols is 1. The Kier molecular flexibility index (Phi) is 9.68. The number of hydrogen-bond donors (Lipinski definition) is 4. The van der Waals surface area contributed by atoms with Gasteiger partial charge in [0.25, 0.3) is 5.91 Å². The van der Waals surface area contributed by atoms with Crippen molar-refractivity contribution in [2.24, 2.45) is 10.7 Å². The number of halogens is 3. The summed E-state index contributed by atoms with van der Waals surface area (Å²) in [6.07, 6.45) is 0. The molecule has 6 nitrogen and oxygen atoms in total. The number of rotatable bonds is 6. The van der Waals surface area contributed by atoms with Gasteiger partial charge in [-0.15, -0.1) is 24.0 Å². The van der Waals surface area contributed by atoms with Crippen LogP contribution in [-0.2, 0) is 0 Å². The first kappa shape index (κ1) is 23.3. The van der Waals surface area contributed by atoms with E-state index in [1.165, 1.54) is 12.1 Å². The fourth-order valence-electron chi connectivity index (χ4n) is 2.26. The second-order valence-electron chi connectivity index (χ2n) is 5.60. The molecule has 0 aliphatic rings. The van der Waals surface area contributed by atoms with E-state index >= 15 is 0 Å². The van der Waals surface area contributed by atoms with Crippen molar-refractivity contribution in [2.75, 3.05) is 13.1 Å². The van der Waals surface area contributed by atoms with Crippen molar-refractivity contribution in [2.45, 2.75) is 13.0 Å². The lowest BCUT2D eigenvalue weighted by atomic mass is 10.1. The Bertz CT molecular complexity index is 800. The molecule has 2 aromatic rings. The average molecular weight is 523 g/mol. The lowest BCUT2D eigenvalue weighted by molar-refractivity contribution is 0.0955. The lowest BCUT2D eigenvalue weighted by Crippen LogP contribution is -2.35. The largest absolute Gasteiger partial charge is 0.508 e. The molecule has 27 heavy (non-hydrogen) atoms. The van der Waals surface area contributed by atoms with Crippen LogP contribution >= 0.6 is 47.2 Å². The normalized spacial score (nSPS) is 12.0. The molecule has 0 fully saturated rings. The summed E-state index contributed by atoms with van der Waals surface area (Å²) in [6, 6.07) is 11.1. The van der Waals surface area contributed by atoms with Crippen LogP contribution in [0.3, 0.4) is 0 Å². The molecule has 0 saturated carbocycles. The molecule has 1 unspecified atom stereocenters. The maximum atomic E-state index is 11.9. The molecule has 0 saturated heterocycles. The number of guanidine groups is 1. The Balaban J connectivity index is 0.00000364. The molecule has 5 N–H and O–H groups in total. The molecule has 0 bridgehead atoms.